The summed E-state index contributed by atoms with van der Waals surface area (Å²) < 4.78 is 44.2. The molecule has 2 aromatic rings. The van der Waals surface area contributed by atoms with Crippen LogP contribution in [0.3, 0.4) is 0 Å². The van der Waals surface area contributed by atoms with Crippen molar-refractivity contribution in [1.29, 1.82) is 0 Å². The molecule has 1 aromatic carbocycles. The maximum absolute atomic E-state index is 13.2. The first-order valence-corrected chi connectivity index (χ1v) is 4.84. The molecule has 2 nitrogen and oxygen atoms in total. The van der Waals surface area contributed by atoms with E-state index < -0.39 is 17.6 Å². The van der Waals surface area contributed by atoms with Crippen LogP contribution in [0, 0.1) is 17.6 Å². The third-order valence-corrected chi connectivity index (χ3v) is 2.14. The Balaban J connectivity index is 2.13. The average molecular weight is 239 g/mol. The summed E-state index contributed by atoms with van der Waals surface area (Å²) in [6.45, 7) is -0.258. The molecular weight excluding hydrogens is 231 g/mol. The van der Waals surface area contributed by atoms with Gasteiger partial charge in [0.25, 0.3) is 5.95 Å². The number of pyridine rings is 1. The maximum Gasteiger partial charge on any atom is 0.255 e. The van der Waals surface area contributed by atoms with E-state index in [1.165, 1.54) is 30.5 Å². The molecule has 0 atom stereocenters. The average Bonchev–Trinajstić information content (AvgIpc) is 2.33. The first-order chi connectivity index (χ1) is 8.18. The van der Waals surface area contributed by atoms with E-state index in [0.29, 0.717) is 0 Å². The van der Waals surface area contributed by atoms with Gasteiger partial charge < -0.3 is 4.74 Å². The van der Waals surface area contributed by atoms with Gasteiger partial charge >= 0.3 is 0 Å². The molecule has 0 amide bonds. The number of hydrogen-bond acceptors (Lipinski definition) is 2. The van der Waals surface area contributed by atoms with Crippen LogP contribution < -0.4 is 4.74 Å². The lowest BCUT2D eigenvalue weighted by atomic mass is 10.2. The van der Waals surface area contributed by atoms with Crippen LogP contribution in [0.15, 0.2) is 36.5 Å². The van der Waals surface area contributed by atoms with Gasteiger partial charge in [-0.2, -0.15) is 4.39 Å². The fourth-order valence-corrected chi connectivity index (χ4v) is 1.29. The second-order valence-corrected chi connectivity index (χ2v) is 3.29. The summed E-state index contributed by atoms with van der Waals surface area (Å²) in [5, 5.41) is 0. The van der Waals surface area contributed by atoms with Gasteiger partial charge in [0.05, 0.1) is 0 Å². The third-order valence-electron chi connectivity index (χ3n) is 2.14. The van der Waals surface area contributed by atoms with E-state index in [2.05, 4.69) is 4.98 Å². The summed E-state index contributed by atoms with van der Waals surface area (Å²) in [5.74, 6) is -2.84. The third kappa shape index (κ3) is 2.55. The Morgan fingerprint density at radius 1 is 1.06 bits per heavy atom. The highest BCUT2D eigenvalue weighted by atomic mass is 19.2. The standard InChI is InChI=1S/C12H8F3NO/c13-9-4-1-3-8(11(9)14)7-17-10-5-2-6-16-12(10)15/h1-6H,7H2. The zero-order chi connectivity index (χ0) is 12.3. The molecule has 0 unspecified atom stereocenters. The molecule has 0 bridgehead atoms. The van der Waals surface area contributed by atoms with Gasteiger partial charge in [0, 0.05) is 11.8 Å². The predicted octanol–water partition coefficient (Wildman–Crippen LogP) is 3.08. The van der Waals surface area contributed by atoms with Crippen molar-refractivity contribution in [3.8, 4) is 5.75 Å². The highest BCUT2D eigenvalue weighted by Crippen LogP contribution is 2.17. The van der Waals surface area contributed by atoms with Crippen molar-refractivity contribution in [2.75, 3.05) is 0 Å². The molecule has 1 heterocycles. The minimum absolute atomic E-state index is 0.0215. The van der Waals surface area contributed by atoms with E-state index in [4.69, 9.17) is 4.74 Å². The molecule has 0 spiro atoms. The van der Waals surface area contributed by atoms with Crippen molar-refractivity contribution < 1.29 is 17.9 Å². The number of aromatic nitrogens is 1. The number of benzene rings is 1. The van der Waals surface area contributed by atoms with Crippen LogP contribution in [0.2, 0.25) is 0 Å². The van der Waals surface area contributed by atoms with Crippen LogP contribution in [-0.2, 0) is 6.61 Å². The van der Waals surface area contributed by atoms with Crippen molar-refractivity contribution in [2.45, 2.75) is 6.61 Å². The Kier molecular flexibility index (Phi) is 3.27. The minimum Gasteiger partial charge on any atom is -0.484 e. The normalized spacial score (nSPS) is 10.3. The smallest absolute Gasteiger partial charge is 0.255 e. The van der Waals surface area contributed by atoms with Crippen molar-refractivity contribution in [3.05, 3.63) is 59.7 Å². The summed E-state index contributed by atoms with van der Waals surface area (Å²) in [4.78, 5) is 3.37. The highest BCUT2D eigenvalue weighted by Gasteiger charge is 2.09. The molecule has 0 fully saturated rings. The SMILES string of the molecule is Fc1cccc(COc2cccnc2F)c1F. The Morgan fingerprint density at radius 2 is 1.88 bits per heavy atom. The molecular formula is C12H8F3NO. The van der Waals surface area contributed by atoms with E-state index in [1.54, 1.807) is 0 Å². The summed E-state index contributed by atoms with van der Waals surface area (Å²) >= 11 is 0. The first kappa shape index (κ1) is 11.4. The molecule has 0 aliphatic carbocycles. The topological polar surface area (TPSA) is 22.1 Å². The van der Waals surface area contributed by atoms with Gasteiger partial charge in [0.1, 0.15) is 6.61 Å². The first-order valence-electron chi connectivity index (χ1n) is 4.84. The Labute approximate surface area is 95.7 Å². The maximum atomic E-state index is 13.2. The van der Waals surface area contributed by atoms with Crippen molar-refractivity contribution >= 4 is 0 Å². The van der Waals surface area contributed by atoms with Crippen LogP contribution in [0.1, 0.15) is 5.56 Å². The van der Waals surface area contributed by atoms with Gasteiger partial charge in [-0.3, -0.25) is 0 Å². The molecule has 5 heteroatoms. The van der Waals surface area contributed by atoms with E-state index in [1.807, 2.05) is 0 Å². The monoisotopic (exact) mass is 239 g/mol. The van der Waals surface area contributed by atoms with E-state index >= 15 is 0 Å². The molecule has 17 heavy (non-hydrogen) atoms. The molecule has 0 saturated heterocycles. The minimum atomic E-state index is -0.989. The zero-order valence-corrected chi connectivity index (χ0v) is 8.66. The number of nitrogens with zero attached hydrogens (tertiary/aromatic N) is 1. The Morgan fingerprint density at radius 3 is 2.65 bits per heavy atom. The summed E-state index contributed by atoms with van der Waals surface area (Å²) in [5.41, 5.74) is 0.0215. The fourth-order valence-electron chi connectivity index (χ4n) is 1.29. The van der Waals surface area contributed by atoms with Gasteiger partial charge in [-0.1, -0.05) is 12.1 Å². The van der Waals surface area contributed by atoms with E-state index in [9.17, 15) is 13.2 Å². The molecule has 0 N–H and O–H groups in total. The van der Waals surface area contributed by atoms with Crippen LogP contribution in [0.4, 0.5) is 13.2 Å². The molecule has 1 aromatic heterocycles. The van der Waals surface area contributed by atoms with Gasteiger partial charge in [0.2, 0.25) is 0 Å². The summed E-state index contributed by atoms with van der Waals surface area (Å²) in [7, 11) is 0. The van der Waals surface area contributed by atoms with Crippen molar-refractivity contribution in [1.82, 2.24) is 4.98 Å². The molecule has 0 radical (unpaired) electrons. The van der Waals surface area contributed by atoms with Crippen LogP contribution in [0.25, 0.3) is 0 Å². The fraction of sp³-hybridized carbons (Fsp3) is 0.0833. The summed E-state index contributed by atoms with van der Waals surface area (Å²) in [6.07, 6.45) is 1.27. The van der Waals surface area contributed by atoms with Gasteiger partial charge in [-0.25, -0.2) is 13.8 Å². The highest BCUT2D eigenvalue weighted by molar-refractivity contribution is 5.21. The van der Waals surface area contributed by atoms with Crippen LogP contribution in [0.5, 0.6) is 5.75 Å². The number of ether oxygens (including phenoxy) is 1. The zero-order valence-electron chi connectivity index (χ0n) is 8.66. The lowest BCUT2D eigenvalue weighted by molar-refractivity contribution is 0.278. The van der Waals surface area contributed by atoms with Crippen molar-refractivity contribution in [3.63, 3.8) is 0 Å². The lowest BCUT2D eigenvalue weighted by Crippen LogP contribution is -2.02. The number of halogens is 3. The predicted molar refractivity (Wildman–Crippen MR) is 54.9 cm³/mol. The molecule has 2 rings (SSSR count). The Hall–Kier alpha value is -2.04. The molecule has 0 aliphatic heterocycles. The van der Waals surface area contributed by atoms with Gasteiger partial charge in [-0.15, -0.1) is 0 Å². The second-order valence-electron chi connectivity index (χ2n) is 3.29. The Bertz CT molecular complexity index is 531. The lowest BCUT2D eigenvalue weighted by Gasteiger charge is -2.07. The van der Waals surface area contributed by atoms with Crippen molar-refractivity contribution in [2.24, 2.45) is 0 Å². The quantitative estimate of drug-likeness (QED) is 0.768. The molecule has 88 valence electrons. The molecule has 0 saturated carbocycles. The number of hydrogen-bond donors (Lipinski definition) is 0. The number of rotatable bonds is 3. The second kappa shape index (κ2) is 4.86. The van der Waals surface area contributed by atoms with Crippen LogP contribution in [-0.4, -0.2) is 4.98 Å². The van der Waals surface area contributed by atoms with Crippen LogP contribution >= 0.6 is 0 Å². The summed E-state index contributed by atoms with van der Waals surface area (Å²) in [6, 6.07) is 6.58. The largest absolute Gasteiger partial charge is 0.484 e. The molecule has 0 aliphatic rings. The van der Waals surface area contributed by atoms with Gasteiger partial charge in [0.15, 0.2) is 17.4 Å². The van der Waals surface area contributed by atoms with E-state index in [-0.39, 0.29) is 17.9 Å². The van der Waals surface area contributed by atoms with E-state index in [0.717, 1.165) is 6.07 Å². The van der Waals surface area contributed by atoms with Gasteiger partial charge in [-0.05, 0) is 18.2 Å².